The van der Waals surface area contributed by atoms with Gasteiger partial charge in [0.2, 0.25) is 0 Å². The second kappa shape index (κ2) is 9.40. The molecule has 8 heteroatoms. The molecule has 0 radical (unpaired) electrons. The van der Waals surface area contributed by atoms with E-state index in [2.05, 4.69) is 12.2 Å². The number of carbonyl (C=O) groups is 2. The van der Waals surface area contributed by atoms with E-state index >= 15 is 0 Å². The summed E-state index contributed by atoms with van der Waals surface area (Å²) in [6.45, 7) is 3.70. The number of nitrogens with zero attached hydrogens (tertiary/aromatic N) is 2. The topological polar surface area (TPSA) is 61.9 Å². The number of unbranched alkanes of at least 4 members (excludes halogenated alkanes) is 1. The molecule has 25 heavy (non-hydrogen) atoms. The average Bonchev–Trinajstić information content (AvgIpc) is 3.13. The van der Waals surface area contributed by atoms with Gasteiger partial charge in [0.1, 0.15) is 0 Å². The maximum Gasteiger partial charge on any atom is 0.410 e. The van der Waals surface area contributed by atoms with Gasteiger partial charge in [0.05, 0.1) is 15.8 Å². The fourth-order valence-corrected chi connectivity index (χ4v) is 3.87. The number of likely N-dealkylation sites (N-methyl/N-ethyl adjacent to an activating group) is 1. The monoisotopic (exact) mass is 387 g/mol. The summed E-state index contributed by atoms with van der Waals surface area (Å²) in [6.07, 6.45) is 2.26. The van der Waals surface area contributed by atoms with Crippen molar-refractivity contribution in [2.24, 2.45) is 0 Å². The van der Waals surface area contributed by atoms with Crippen LogP contribution in [0.15, 0.2) is 12.1 Å². The van der Waals surface area contributed by atoms with E-state index in [9.17, 15) is 9.59 Å². The van der Waals surface area contributed by atoms with Gasteiger partial charge in [-0.05, 0) is 39.1 Å². The summed E-state index contributed by atoms with van der Waals surface area (Å²) in [5, 5.41) is 3.01. The van der Waals surface area contributed by atoms with E-state index in [-0.39, 0.29) is 24.1 Å². The van der Waals surface area contributed by atoms with E-state index in [1.165, 1.54) is 11.3 Å². The highest BCUT2D eigenvalue weighted by Gasteiger charge is 2.37. The SMILES string of the molecule is CCCCOC(=O)N1C[C@H](NC(=O)c2ccc(Cl)s2)C[C@H]1CN(C)C. The number of nitrogens with one attached hydrogen (secondary N) is 1. The third-order valence-electron chi connectivity index (χ3n) is 4.08. The maximum absolute atomic E-state index is 12.4. The first-order chi connectivity index (χ1) is 11.9. The predicted octanol–water partition coefficient (Wildman–Crippen LogP) is 3.07. The Kier molecular flexibility index (Phi) is 7.53. The standard InChI is InChI=1S/C17H26ClN3O3S/c1-4-5-8-24-17(23)21-10-12(9-13(21)11-20(2)3)19-16(22)14-6-7-15(18)25-14/h6-7,12-13H,4-5,8-11H2,1-3H3,(H,19,22)/t12-,13+/m1/s1. The third-order valence-corrected chi connectivity index (χ3v) is 5.31. The molecule has 140 valence electrons. The highest BCUT2D eigenvalue weighted by Crippen LogP contribution is 2.23. The molecule has 0 unspecified atom stereocenters. The summed E-state index contributed by atoms with van der Waals surface area (Å²) >= 11 is 7.14. The number of halogens is 1. The van der Waals surface area contributed by atoms with Gasteiger partial charge in [0.15, 0.2) is 0 Å². The zero-order chi connectivity index (χ0) is 18.4. The van der Waals surface area contributed by atoms with Crippen LogP contribution in [0, 0.1) is 0 Å². The quantitative estimate of drug-likeness (QED) is 0.730. The highest BCUT2D eigenvalue weighted by molar-refractivity contribution is 7.18. The summed E-state index contributed by atoms with van der Waals surface area (Å²) in [6, 6.07) is 3.37. The smallest absolute Gasteiger partial charge is 0.410 e. The van der Waals surface area contributed by atoms with Crippen molar-refractivity contribution in [2.75, 3.05) is 33.8 Å². The largest absolute Gasteiger partial charge is 0.449 e. The zero-order valence-corrected chi connectivity index (χ0v) is 16.5. The zero-order valence-electron chi connectivity index (χ0n) is 15.0. The lowest BCUT2D eigenvalue weighted by molar-refractivity contribution is 0.0893. The number of likely N-dealkylation sites (tertiary alicyclic amines) is 1. The van der Waals surface area contributed by atoms with Gasteiger partial charge in [-0.25, -0.2) is 4.79 Å². The number of hydrogen-bond donors (Lipinski definition) is 1. The lowest BCUT2D eigenvalue weighted by Gasteiger charge is -2.26. The van der Waals surface area contributed by atoms with Crippen molar-refractivity contribution in [3.05, 3.63) is 21.3 Å². The van der Waals surface area contributed by atoms with Crippen LogP contribution in [0.5, 0.6) is 0 Å². The van der Waals surface area contributed by atoms with E-state index < -0.39 is 0 Å². The Morgan fingerprint density at radius 1 is 1.44 bits per heavy atom. The Hall–Kier alpha value is -1.31. The molecule has 1 fully saturated rings. The molecule has 1 aliphatic rings. The number of thiophene rings is 1. The van der Waals surface area contributed by atoms with Crippen molar-refractivity contribution in [1.29, 1.82) is 0 Å². The molecular formula is C17H26ClN3O3S. The summed E-state index contributed by atoms with van der Waals surface area (Å²) in [4.78, 5) is 29.1. The number of carbonyl (C=O) groups excluding carboxylic acids is 2. The Bertz CT molecular complexity index is 593. The van der Waals surface area contributed by atoms with Gasteiger partial charge in [-0.15, -0.1) is 11.3 Å². The first kappa shape index (κ1) is 20.0. The molecule has 0 aliphatic carbocycles. The van der Waals surface area contributed by atoms with Crippen LogP contribution in [-0.4, -0.2) is 67.7 Å². The first-order valence-electron chi connectivity index (χ1n) is 8.55. The van der Waals surface area contributed by atoms with Gasteiger partial charge in [0.25, 0.3) is 5.91 Å². The van der Waals surface area contributed by atoms with Crippen LogP contribution in [0.1, 0.15) is 35.9 Å². The normalized spacial score (nSPS) is 20.1. The molecule has 6 nitrogen and oxygen atoms in total. The average molecular weight is 388 g/mol. The van der Waals surface area contributed by atoms with Crippen LogP contribution >= 0.6 is 22.9 Å². The van der Waals surface area contributed by atoms with Gasteiger partial charge >= 0.3 is 6.09 Å². The molecule has 0 aromatic carbocycles. The van der Waals surface area contributed by atoms with Crippen molar-refractivity contribution in [3.63, 3.8) is 0 Å². The Balaban J connectivity index is 1.96. The Morgan fingerprint density at radius 2 is 2.20 bits per heavy atom. The second-order valence-electron chi connectivity index (χ2n) is 6.55. The molecule has 2 rings (SSSR count). The van der Waals surface area contributed by atoms with Gasteiger partial charge in [-0.3, -0.25) is 4.79 Å². The van der Waals surface area contributed by atoms with E-state index in [1.54, 1.807) is 17.0 Å². The van der Waals surface area contributed by atoms with Gasteiger partial charge < -0.3 is 19.9 Å². The van der Waals surface area contributed by atoms with Crippen LogP contribution < -0.4 is 5.32 Å². The van der Waals surface area contributed by atoms with Crippen molar-refractivity contribution >= 4 is 34.9 Å². The van der Waals surface area contributed by atoms with Gasteiger partial charge in [-0.1, -0.05) is 24.9 Å². The second-order valence-corrected chi connectivity index (χ2v) is 8.26. The molecule has 2 amide bonds. The number of ether oxygens (including phenoxy) is 1. The fourth-order valence-electron chi connectivity index (χ4n) is 2.92. The summed E-state index contributed by atoms with van der Waals surface area (Å²) in [5.41, 5.74) is 0. The molecule has 1 aromatic heterocycles. The first-order valence-corrected chi connectivity index (χ1v) is 9.74. The van der Waals surface area contributed by atoms with Crippen molar-refractivity contribution in [3.8, 4) is 0 Å². The van der Waals surface area contributed by atoms with Crippen LogP contribution in [0.3, 0.4) is 0 Å². The molecule has 1 N–H and O–H groups in total. The number of hydrogen-bond acceptors (Lipinski definition) is 5. The summed E-state index contributed by atoms with van der Waals surface area (Å²) in [5.74, 6) is -0.147. The van der Waals surface area contributed by atoms with E-state index in [0.717, 1.165) is 19.4 Å². The van der Waals surface area contributed by atoms with Gasteiger partial charge in [-0.2, -0.15) is 0 Å². The van der Waals surface area contributed by atoms with Gasteiger partial charge in [0, 0.05) is 25.2 Å². The lowest BCUT2D eigenvalue weighted by Crippen LogP contribution is -2.42. The molecule has 0 saturated carbocycles. The fraction of sp³-hybridized carbons (Fsp3) is 0.647. The van der Waals surface area contributed by atoms with Crippen LogP contribution in [-0.2, 0) is 4.74 Å². The molecule has 0 bridgehead atoms. The molecular weight excluding hydrogens is 362 g/mol. The molecule has 0 spiro atoms. The molecule has 1 saturated heterocycles. The molecule has 1 aromatic rings. The minimum atomic E-state index is -0.295. The van der Waals surface area contributed by atoms with Crippen molar-refractivity contribution in [1.82, 2.24) is 15.1 Å². The van der Waals surface area contributed by atoms with Crippen LogP contribution in [0.25, 0.3) is 0 Å². The minimum absolute atomic E-state index is 0.0290. The molecule has 2 atom stereocenters. The minimum Gasteiger partial charge on any atom is -0.449 e. The summed E-state index contributed by atoms with van der Waals surface area (Å²) < 4.78 is 5.95. The van der Waals surface area contributed by atoms with Crippen LogP contribution in [0.4, 0.5) is 4.79 Å². The highest BCUT2D eigenvalue weighted by atomic mass is 35.5. The van der Waals surface area contributed by atoms with Crippen LogP contribution in [0.2, 0.25) is 4.34 Å². The van der Waals surface area contributed by atoms with E-state index in [4.69, 9.17) is 16.3 Å². The lowest BCUT2D eigenvalue weighted by atomic mass is 10.1. The van der Waals surface area contributed by atoms with E-state index in [1.807, 2.05) is 19.0 Å². The maximum atomic E-state index is 12.4. The summed E-state index contributed by atoms with van der Waals surface area (Å²) in [7, 11) is 3.94. The molecule has 2 heterocycles. The van der Waals surface area contributed by atoms with Crippen molar-refractivity contribution < 1.29 is 14.3 Å². The Labute approximate surface area is 158 Å². The molecule has 1 aliphatic heterocycles. The number of rotatable bonds is 7. The van der Waals surface area contributed by atoms with E-state index in [0.29, 0.717) is 28.8 Å². The van der Waals surface area contributed by atoms with Crippen molar-refractivity contribution in [2.45, 2.75) is 38.3 Å². The Morgan fingerprint density at radius 3 is 2.80 bits per heavy atom. The predicted molar refractivity (Wildman–Crippen MR) is 101 cm³/mol. The number of amides is 2. The third kappa shape index (κ3) is 5.87.